The normalized spacial score (nSPS) is 10.6. The first-order chi connectivity index (χ1) is 9.69. The van der Waals surface area contributed by atoms with Crippen molar-refractivity contribution in [2.45, 2.75) is 31.6 Å². The van der Waals surface area contributed by atoms with E-state index in [0.717, 1.165) is 24.0 Å². The summed E-state index contributed by atoms with van der Waals surface area (Å²) in [5, 5.41) is 0. The summed E-state index contributed by atoms with van der Waals surface area (Å²) in [6.45, 7) is 4.28. The minimum Gasteiger partial charge on any atom is -0.289 e. The molecule has 0 aromatic heterocycles. The molecule has 2 aromatic rings. The van der Waals surface area contributed by atoms with E-state index in [-0.39, 0.29) is 5.78 Å². The van der Waals surface area contributed by atoms with Crippen molar-refractivity contribution < 1.29 is 4.79 Å². The Kier molecular flexibility index (Phi) is 5.02. The summed E-state index contributed by atoms with van der Waals surface area (Å²) in [7, 11) is 0. The van der Waals surface area contributed by atoms with Crippen LogP contribution in [0.2, 0.25) is 0 Å². The van der Waals surface area contributed by atoms with Crippen LogP contribution >= 0.6 is 11.8 Å². The van der Waals surface area contributed by atoms with Gasteiger partial charge in [0.15, 0.2) is 5.78 Å². The fraction of sp³-hybridized carbons (Fsp3) is 0.278. The molecule has 0 N–H and O–H groups in total. The summed E-state index contributed by atoms with van der Waals surface area (Å²) in [5.74, 6) is 0.106. The van der Waals surface area contributed by atoms with E-state index >= 15 is 0 Å². The van der Waals surface area contributed by atoms with E-state index in [0.29, 0.717) is 0 Å². The van der Waals surface area contributed by atoms with E-state index in [9.17, 15) is 4.79 Å². The van der Waals surface area contributed by atoms with Gasteiger partial charge in [0, 0.05) is 16.0 Å². The van der Waals surface area contributed by atoms with E-state index in [2.05, 4.69) is 19.9 Å². The second-order valence-corrected chi connectivity index (χ2v) is 5.63. The van der Waals surface area contributed by atoms with Crippen LogP contribution in [0.15, 0.2) is 47.4 Å². The number of hydrogen-bond acceptors (Lipinski definition) is 2. The van der Waals surface area contributed by atoms with E-state index < -0.39 is 0 Å². The average Bonchev–Trinajstić information content (AvgIpc) is 2.53. The van der Waals surface area contributed by atoms with Crippen LogP contribution in [0.3, 0.4) is 0 Å². The van der Waals surface area contributed by atoms with Gasteiger partial charge in [0.25, 0.3) is 0 Å². The van der Waals surface area contributed by atoms with Gasteiger partial charge in [-0.15, -0.1) is 11.8 Å². The summed E-state index contributed by atoms with van der Waals surface area (Å²) in [5.41, 5.74) is 4.16. The largest absolute Gasteiger partial charge is 0.289 e. The zero-order valence-electron chi connectivity index (χ0n) is 12.3. The molecular weight excluding hydrogens is 264 g/mol. The van der Waals surface area contributed by atoms with Crippen molar-refractivity contribution in [2.24, 2.45) is 0 Å². The lowest BCUT2D eigenvalue weighted by atomic mass is 9.96. The Labute approximate surface area is 125 Å². The molecule has 1 nitrogen and oxygen atoms in total. The summed E-state index contributed by atoms with van der Waals surface area (Å²) >= 11 is 1.68. The molecule has 0 amide bonds. The Morgan fingerprint density at radius 3 is 2.05 bits per heavy atom. The first-order valence-electron chi connectivity index (χ1n) is 7.00. The third-order valence-corrected chi connectivity index (χ3v) is 4.33. The summed E-state index contributed by atoms with van der Waals surface area (Å²) in [4.78, 5) is 13.7. The zero-order chi connectivity index (χ0) is 14.5. The SMILES string of the molecule is CCc1ccc(C(=O)c2ccc(SC)cc2)cc1CC. The van der Waals surface area contributed by atoms with Gasteiger partial charge < -0.3 is 0 Å². The van der Waals surface area contributed by atoms with Crippen LogP contribution in [-0.2, 0) is 12.8 Å². The smallest absolute Gasteiger partial charge is 0.193 e. The lowest BCUT2D eigenvalue weighted by Crippen LogP contribution is -2.03. The molecule has 0 aliphatic rings. The molecule has 2 aromatic carbocycles. The molecule has 20 heavy (non-hydrogen) atoms. The molecule has 0 heterocycles. The third kappa shape index (κ3) is 3.13. The van der Waals surface area contributed by atoms with Crippen molar-refractivity contribution >= 4 is 17.5 Å². The first-order valence-corrected chi connectivity index (χ1v) is 8.22. The van der Waals surface area contributed by atoms with Crippen molar-refractivity contribution in [1.82, 2.24) is 0 Å². The molecule has 2 heteroatoms. The maximum absolute atomic E-state index is 12.5. The van der Waals surface area contributed by atoms with E-state index in [1.54, 1.807) is 11.8 Å². The van der Waals surface area contributed by atoms with Crippen molar-refractivity contribution in [3.8, 4) is 0 Å². The molecule has 0 unspecified atom stereocenters. The van der Waals surface area contributed by atoms with Gasteiger partial charge in [0.1, 0.15) is 0 Å². The highest BCUT2D eigenvalue weighted by molar-refractivity contribution is 7.98. The fourth-order valence-electron chi connectivity index (χ4n) is 2.35. The Morgan fingerprint density at radius 2 is 1.50 bits per heavy atom. The number of carbonyl (C=O) groups is 1. The van der Waals surface area contributed by atoms with Crippen molar-refractivity contribution in [3.05, 3.63) is 64.7 Å². The number of hydrogen-bond donors (Lipinski definition) is 0. The van der Waals surface area contributed by atoms with Crippen LogP contribution in [-0.4, -0.2) is 12.0 Å². The fourth-order valence-corrected chi connectivity index (χ4v) is 2.76. The molecule has 0 saturated heterocycles. The highest BCUT2D eigenvalue weighted by Gasteiger charge is 2.10. The minimum absolute atomic E-state index is 0.106. The average molecular weight is 284 g/mol. The van der Waals surface area contributed by atoms with Crippen LogP contribution in [0.5, 0.6) is 0 Å². The van der Waals surface area contributed by atoms with Crippen LogP contribution < -0.4 is 0 Å². The predicted molar refractivity (Wildman–Crippen MR) is 86.9 cm³/mol. The molecule has 0 aliphatic carbocycles. The molecule has 0 bridgehead atoms. The summed E-state index contributed by atoms with van der Waals surface area (Å²) in [6, 6.07) is 13.9. The molecule has 2 rings (SSSR count). The molecule has 0 aliphatic heterocycles. The molecule has 0 radical (unpaired) electrons. The molecule has 0 spiro atoms. The lowest BCUT2D eigenvalue weighted by Gasteiger charge is -2.09. The molecular formula is C18H20OS. The molecule has 0 fully saturated rings. The van der Waals surface area contributed by atoms with E-state index in [1.807, 2.05) is 42.7 Å². The number of ketones is 1. The van der Waals surface area contributed by atoms with Gasteiger partial charge in [-0.05, 0) is 60.6 Å². The maximum atomic E-state index is 12.5. The second kappa shape index (κ2) is 6.76. The van der Waals surface area contributed by atoms with Crippen molar-refractivity contribution in [1.29, 1.82) is 0 Å². The molecule has 104 valence electrons. The van der Waals surface area contributed by atoms with Crippen LogP contribution in [0.25, 0.3) is 0 Å². The van der Waals surface area contributed by atoms with Crippen LogP contribution in [0.1, 0.15) is 40.9 Å². The van der Waals surface area contributed by atoms with E-state index in [1.165, 1.54) is 16.0 Å². The Hall–Kier alpha value is -1.54. The highest BCUT2D eigenvalue weighted by Crippen LogP contribution is 2.19. The van der Waals surface area contributed by atoms with Crippen molar-refractivity contribution in [3.63, 3.8) is 0 Å². The number of aryl methyl sites for hydroxylation is 2. The Bertz CT molecular complexity index is 599. The summed E-state index contributed by atoms with van der Waals surface area (Å²) in [6.07, 6.45) is 4.02. The lowest BCUT2D eigenvalue weighted by molar-refractivity contribution is 0.103. The predicted octanol–water partition coefficient (Wildman–Crippen LogP) is 4.76. The number of thioether (sulfide) groups is 1. The van der Waals surface area contributed by atoms with Crippen LogP contribution in [0, 0.1) is 0 Å². The third-order valence-electron chi connectivity index (χ3n) is 3.58. The standard InChI is InChI=1S/C18H20OS/c1-4-13-6-7-16(12-14(13)5-2)18(19)15-8-10-17(20-3)11-9-15/h6-12H,4-5H2,1-3H3. The highest BCUT2D eigenvalue weighted by atomic mass is 32.2. The quantitative estimate of drug-likeness (QED) is 0.581. The van der Waals surface area contributed by atoms with E-state index in [4.69, 9.17) is 0 Å². The number of rotatable bonds is 5. The number of benzene rings is 2. The van der Waals surface area contributed by atoms with Crippen molar-refractivity contribution in [2.75, 3.05) is 6.26 Å². The molecule has 0 atom stereocenters. The van der Waals surface area contributed by atoms with Gasteiger partial charge in [0.2, 0.25) is 0 Å². The Balaban J connectivity index is 2.32. The minimum atomic E-state index is 0.106. The topological polar surface area (TPSA) is 17.1 Å². The van der Waals surface area contributed by atoms with Crippen LogP contribution in [0.4, 0.5) is 0 Å². The number of carbonyl (C=O) groups excluding carboxylic acids is 1. The maximum Gasteiger partial charge on any atom is 0.193 e. The monoisotopic (exact) mass is 284 g/mol. The first kappa shape index (κ1) is 14.9. The van der Waals surface area contributed by atoms with Gasteiger partial charge in [-0.2, -0.15) is 0 Å². The summed E-state index contributed by atoms with van der Waals surface area (Å²) < 4.78 is 0. The van der Waals surface area contributed by atoms with Gasteiger partial charge in [-0.1, -0.05) is 26.0 Å². The van der Waals surface area contributed by atoms with Gasteiger partial charge >= 0.3 is 0 Å². The van der Waals surface area contributed by atoms with Gasteiger partial charge in [-0.3, -0.25) is 4.79 Å². The second-order valence-electron chi connectivity index (χ2n) is 4.75. The van der Waals surface area contributed by atoms with Gasteiger partial charge in [-0.25, -0.2) is 0 Å². The molecule has 0 saturated carbocycles. The Morgan fingerprint density at radius 1 is 0.900 bits per heavy atom. The zero-order valence-corrected chi connectivity index (χ0v) is 13.1. The van der Waals surface area contributed by atoms with Gasteiger partial charge in [0.05, 0.1) is 0 Å².